The van der Waals surface area contributed by atoms with Crippen LogP contribution in [-0.4, -0.2) is 66.4 Å². The van der Waals surface area contributed by atoms with Gasteiger partial charge in [0.1, 0.15) is 5.75 Å². The topological polar surface area (TPSA) is 90.3 Å². The highest BCUT2D eigenvalue weighted by Crippen LogP contribution is 2.24. The number of aromatic carboxylic acids is 1. The number of para-hydroxylation sites is 1. The summed E-state index contributed by atoms with van der Waals surface area (Å²) in [5, 5.41) is 18.2. The van der Waals surface area contributed by atoms with Crippen molar-refractivity contribution in [2.45, 2.75) is 58.3 Å². The van der Waals surface area contributed by atoms with Crippen molar-refractivity contribution in [1.82, 2.24) is 4.90 Å². The number of ether oxygens (including phenoxy) is 1. The monoisotopic (exact) mass is 612 g/mol. The molecule has 3 aromatic carbocycles. The molecule has 7 nitrogen and oxygen atoms in total. The van der Waals surface area contributed by atoms with Crippen LogP contribution < -0.4 is 9.64 Å². The quantitative estimate of drug-likeness (QED) is 0.143. The van der Waals surface area contributed by atoms with E-state index in [4.69, 9.17) is 9.84 Å². The van der Waals surface area contributed by atoms with Gasteiger partial charge in [-0.3, -0.25) is 9.69 Å². The van der Waals surface area contributed by atoms with E-state index >= 15 is 0 Å². The molecule has 2 N–H and O–H groups in total. The number of carboxylic acids is 2. The fourth-order valence-electron chi connectivity index (χ4n) is 5.88. The highest BCUT2D eigenvalue weighted by Gasteiger charge is 2.17. The summed E-state index contributed by atoms with van der Waals surface area (Å²) in [4.78, 5) is 27.3. The molecular weight excluding hydrogens is 564 g/mol. The Hall–Kier alpha value is -4.10. The van der Waals surface area contributed by atoms with Gasteiger partial charge in [0.05, 0.1) is 12.2 Å². The Morgan fingerprint density at radius 3 is 2.38 bits per heavy atom. The smallest absolute Gasteiger partial charge is 0.335 e. The molecule has 0 spiro atoms. The van der Waals surface area contributed by atoms with Crippen LogP contribution in [0, 0.1) is 12.8 Å². The molecular formula is C38H48N2O5. The van der Waals surface area contributed by atoms with E-state index in [1.807, 2.05) is 30.3 Å². The van der Waals surface area contributed by atoms with Gasteiger partial charge in [0.2, 0.25) is 0 Å². The van der Waals surface area contributed by atoms with Gasteiger partial charge in [0.25, 0.3) is 0 Å². The van der Waals surface area contributed by atoms with Crippen molar-refractivity contribution in [2.24, 2.45) is 5.92 Å². The van der Waals surface area contributed by atoms with Crippen LogP contribution in [0.15, 0.2) is 78.9 Å². The number of carboxylic acid groups (broad SMARTS) is 2. The van der Waals surface area contributed by atoms with Crippen LogP contribution in [0.25, 0.3) is 6.08 Å². The molecule has 7 heteroatoms. The molecule has 3 aromatic rings. The summed E-state index contributed by atoms with van der Waals surface area (Å²) in [7, 11) is 0. The largest absolute Gasteiger partial charge is 0.493 e. The molecule has 0 amide bonds. The molecule has 1 aliphatic heterocycles. The number of hydrogen-bond donors (Lipinski definition) is 2. The van der Waals surface area contributed by atoms with Gasteiger partial charge in [0.15, 0.2) is 0 Å². The molecule has 1 aliphatic rings. The van der Waals surface area contributed by atoms with E-state index in [0.717, 1.165) is 81.7 Å². The van der Waals surface area contributed by atoms with Crippen LogP contribution >= 0.6 is 0 Å². The summed E-state index contributed by atoms with van der Waals surface area (Å²) in [6.07, 6.45) is 10.9. The van der Waals surface area contributed by atoms with Gasteiger partial charge in [-0.05, 0) is 99.4 Å². The Balaban J connectivity index is 1.22. The lowest BCUT2D eigenvalue weighted by atomic mass is 9.92. The average Bonchev–Trinajstić information content (AvgIpc) is 3.04. The van der Waals surface area contributed by atoms with Gasteiger partial charge in [0, 0.05) is 43.9 Å². The van der Waals surface area contributed by atoms with Gasteiger partial charge in [-0.1, -0.05) is 61.0 Å². The van der Waals surface area contributed by atoms with Gasteiger partial charge in [-0.25, -0.2) is 4.79 Å². The zero-order valence-electron chi connectivity index (χ0n) is 26.6. The second-order valence-corrected chi connectivity index (χ2v) is 12.1. The third-order valence-corrected chi connectivity index (χ3v) is 8.50. The number of hydrogen-bond acceptors (Lipinski definition) is 5. The molecule has 1 unspecified atom stereocenters. The molecule has 45 heavy (non-hydrogen) atoms. The van der Waals surface area contributed by atoms with Crippen molar-refractivity contribution in [3.05, 3.63) is 101 Å². The Morgan fingerprint density at radius 2 is 1.64 bits per heavy atom. The first-order valence-electron chi connectivity index (χ1n) is 16.4. The lowest BCUT2D eigenvalue weighted by Crippen LogP contribution is -2.46. The van der Waals surface area contributed by atoms with Gasteiger partial charge < -0.3 is 19.8 Å². The SMILES string of the molecule is Cc1cccc(N2CCN(CCCCCOc3ccccc3/C=C/C(CCCCC(=O)O)Cc3ccc(C(=O)O)cc3)CC2)c1. The van der Waals surface area contributed by atoms with E-state index in [1.165, 1.54) is 17.7 Å². The van der Waals surface area contributed by atoms with Crippen LogP contribution in [-0.2, 0) is 11.2 Å². The fraction of sp³-hybridized carbons (Fsp3) is 0.421. The number of piperazine rings is 1. The summed E-state index contributed by atoms with van der Waals surface area (Å²) in [5.74, 6) is -0.636. The van der Waals surface area contributed by atoms with Crippen molar-refractivity contribution >= 4 is 23.7 Å². The molecule has 0 radical (unpaired) electrons. The third-order valence-electron chi connectivity index (χ3n) is 8.50. The maximum absolute atomic E-state index is 11.2. The van der Waals surface area contributed by atoms with E-state index in [9.17, 15) is 14.7 Å². The summed E-state index contributed by atoms with van der Waals surface area (Å²) in [5.41, 5.74) is 5.01. The van der Waals surface area contributed by atoms with Crippen molar-refractivity contribution in [1.29, 1.82) is 0 Å². The lowest BCUT2D eigenvalue weighted by Gasteiger charge is -2.36. The highest BCUT2D eigenvalue weighted by atomic mass is 16.5. The van der Waals surface area contributed by atoms with Crippen molar-refractivity contribution in [3.8, 4) is 5.75 Å². The van der Waals surface area contributed by atoms with Crippen molar-refractivity contribution in [3.63, 3.8) is 0 Å². The normalized spacial score (nSPS) is 14.5. The van der Waals surface area contributed by atoms with Crippen LogP contribution in [0.3, 0.4) is 0 Å². The molecule has 0 aromatic heterocycles. The summed E-state index contributed by atoms with van der Waals surface area (Å²) in [6.45, 7) is 8.35. The lowest BCUT2D eigenvalue weighted by molar-refractivity contribution is -0.137. The average molecular weight is 613 g/mol. The number of anilines is 1. The maximum Gasteiger partial charge on any atom is 0.335 e. The van der Waals surface area contributed by atoms with Gasteiger partial charge in [-0.15, -0.1) is 0 Å². The first-order chi connectivity index (χ1) is 21.9. The Bertz CT molecular complexity index is 1380. The zero-order chi connectivity index (χ0) is 31.9. The minimum absolute atomic E-state index is 0.172. The minimum Gasteiger partial charge on any atom is -0.493 e. The van der Waals surface area contributed by atoms with Crippen molar-refractivity contribution < 1.29 is 24.5 Å². The molecule has 1 atom stereocenters. The summed E-state index contributed by atoms with van der Waals surface area (Å²) < 4.78 is 6.22. The Morgan fingerprint density at radius 1 is 0.867 bits per heavy atom. The Labute approximate surface area is 268 Å². The molecule has 1 fully saturated rings. The van der Waals surface area contributed by atoms with E-state index in [2.05, 4.69) is 59.2 Å². The molecule has 1 heterocycles. The first kappa shape index (κ1) is 33.8. The number of carbonyl (C=O) groups is 2. The van der Waals surface area contributed by atoms with Crippen molar-refractivity contribution in [2.75, 3.05) is 44.2 Å². The second-order valence-electron chi connectivity index (χ2n) is 12.1. The van der Waals surface area contributed by atoms with Crippen LogP contribution in [0.5, 0.6) is 5.75 Å². The maximum atomic E-state index is 11.2. The predicted octanol–water partition coefficient (Wildman–Crippen LogP) is 7.58. The molecule has 0 saturated carbocycles. The number of aryl methyl sites for hydroxylation is 1. The Kier molecular flexibility index (Phi) is 13.5. The number of nitrogens with zero attached hydrogens (tertiary/aromatic N) is 2. The molecule has 1 saturated heterocycles. The molecule has 0 bridgehead atoms. The number of aliphatic carboxylic acids is 1. The van der Waals surface area contributed by atoms with E-state index < -0.39 is 11.9 Å². The molecule has 240 valence electrons. The highest BCUT2D eigenvalue weighted by molar-refractivity contribution is 5.87. The summed E-state index contributed by atoms with van der Waals surface area (Å²) in [6, 6.07) is 23.9. The standard InChI is InChI=1S/C38H48N2O5/c1-30-10-9-13-35(28-30)40-25-23-39(24-26-40)22-7-2-8-27-45-36-14-5-4-12-33(36)19-16-31(11-3-6-15-37(41)42)29-32-17-20-34(21-18-32)38(43)44/h4-5,9-10,12-14,16-21,28,31H,2-3,6-8,11,15,22-27,29H2,1H3,(H,41,42)(H,43,44)/b19-16+. The minimum atomic E-state index is -0.934. The fourth-order valence-corrected chi connectivity index (χ4v) is 5.88. The zero-order valence-corrected chi connectivity index (χ0v) is 26.6. The number of rotatable bonds is 18. The molecule has 4 rings (SSSR count). The number of unbranched alkanes of at least 4 members (excludes halogenated alkanes) is 3. The second kappa shape index (κ2) is 18.0. The van der Waals surface area contributed by atoms with Gasteiger partial charge in [-0.2, -0.15) is 0 Å². The van der Waals surface area contributed by atoms with Crippen LogP contribution in [0.4, 0.5) is 5.69 Å². The van der Waals surface area contributed by atoms with Gasteiger partial charge >= 0.3 is 11.9 Å². The number of allylic oxidation sites excluding steroid dienone is 1. The third kappa shape index (κ3) is 11.7. The van der Waals surface area contributed by atoms with E-state index in [-0.39, 0.29) is 17.9 Å². The predicted molar refractivity (Wildman–Crippen MR) is 181 cm³/mol. The number of benzene rings is 3. The van der Waals surface area contributed by atoms with Crippen LogP contribution in [0.2, 0.25) is 0 Å². The summed E-state index contributed by atoms with van der Waals surface area (Å²) >= 11 is 0. The van der Waals surface area contributed by atoms with Crippen LogP contribution in [0.1, 0.15) is 72.0 Å². The van der Waals surface area contributed by atoms with E-state index in [0.29, 0.717) is 13.0 Å². The van der Waals surface area contributed by atoms with E-state index in [1.54, 1.807) is 12.1 Å². The first-order valence-corrected chi connectivity index (χ1v) is 16.4. The molecule has 0 aliphatic carbocycles.